The summed E-state index contributed by atoms with van der Waals surface area (Å²) in [6.07, 6.45) is 0. The summed E-state index contributed by atoms with van der Waals surface area (Å²) in [4.78, 5) is 11.1. The predicted octanol–water partition coefficient (Wildman–Crippen LogP) is 3.14. The molecular formula is C14H13NO3. The lowest BCUT2D eigenvalue weighted by Crippen LogP contribution is -2.01. The molecule has 0 spiro atoms. The first-order valence-electron chi connectivity index (χ1n) is 5.44. The Balaban J connectivity index is 2.30. The zero-order valence-electron chi connectivity index (χ0n) is 9.88. The van der Waals surface area contributed by atoms with E-state index >= 15 is 0 Å². The van der Waals surface area contributed by atoms with E-state index in [2.05, 4.69) is 5.32 Å². The Morgan fingerprint density at radius 1 is 1.11 bits per heavy atom. The number of ether oxygens (including phenoxy) is 1. The first kappa shape index (κ1) is 12.0. The molecule has 4 nitrogen and oxygen atoms in total. The first-order valence-corrected chi connectivity index (χ1v) is 5.44. The van der Waals surface area contributed by atoms with Crippen LogP contribution in [0.2, 0.25) is 0 Å². The second kappa shape index (κ2) is 5.23. The van der Waals surface area contributed by atoms with E-state index in [-0.39, 0.29) is 5.56 Å². The Hall–Kier alpha value is -2.49. The van der Waals surface area contributed by atoms with Crippen LogP contribution < -0.4 is 10.1 Å². The van der Waals surface area contributed by atoms with E-state index in [0.717, 1.165) is 5.69 Å². The molecule has 0 fully saturated rings. The molecule has 0 radical (unpaired) electrons. The second-order valence-corrected chi connectivity index (χ2v) is 3.71. The number of anilines is 2. The van der Waals surface area contributed by atoms with Crippen LogP contribution in [-0.4, -0.2) is 18.2 Å². The Bertz CT molecular complexity index is 552. The van der Waals surface area contributed by atoms with Crippen LogP contribution in [0.15, 0.2) is 48.5 Å². The average Bonchev–Trinajstić information content (AvgIpc) is 2.40. The Labute approximate surface area is 105 Å². The van der Waals surface area contributed by atoms with Crippen molar-refractivity contribution in [2.45, 2.75) is 0 Å². The number of nitrogens with one attached hydrogen (secondary N) is 1. The molecule has 0 heterocycles. The number of carboxylic acid groups (broad SMARTS) is 1. The van der Waals surface area contributed by atoms with Crippen LogP contribution in [0, 0.1) is 0 Å². The molecule has 2 aromatic rings. The van der Waals surface area contributed by atoms with Gasteiger partial charge in [0, 0.05) is 11.4 Å². The molecule has 0 unspecified atom stereocenters. The van der Waals surface area contributed by atoms with Crippen molar-refractivity contribution in [3.8, 4) is 5.75 Å². The van der Waals surface area contributed by atoms with Gasteiger partial charge < -0.3 is 15.2 Å². The van der Waals surface area contributed by atoms with Crippen LogP contribution >= 0.6 is 0 Å². The van der Waals surface area contributed by atoms with Crippen LogP contribution in [0.4, 0.5) is 11.4 Å². The summed E-state index contributed by atoms with van der Waals surface area (Å²) in [6.45, 7) is 0. The van der Waals surface area contributed by atoms with E-state index in [4.69, 9.17) is 9.84 Å². The van der Waals surface area contributed by atoms with Gasteiger partial charge in [-0.2, -0.15) is 0 Å². The minimum atomic E-state index is -1.01. The third kappa shape index (κ3) is 2.60. The van der Waals surface area contributed by atoms with Crippen LogP contribution in [0.25, 0.3) is 0 Å². The minimum Gasteiger partial charge on any atom is -0.496 e. The summed E-state index contributed by atoms with van der Waals surface area (Å²) in [6, 6.07) is 14.5. The maximum absolute atomic E-state index is 11.1. The molecule has 0 aliphatic heterocycles. The summed E-state index contributed by atoms with van der Waals surface area (Å²) >= 11 is 0. The van der Waals surface area contributed by atoms with Gasteiger partial charge in [0.15, 0.2) is 0 Å². The van der Waals surface area contributed by atoms with Gasteiger partial charge in [-0.3, -0.25) is 0 Å². The lowest BCUT2D eigenvalue weighted by molar-refractivity contribution is 0.0693. The lowest BCUT2D eigenvalue weighted by atomic mass is 10.1. The van der Waals surface area contributed by atoms with Gasteiger partial charge in [0.1, 0.15) is 11.3 Å². The standard InChI is InChI=1S/C14H13NO3/c1-18-13-8-7-11(9-12(13)14(16)17)15-10-5-3-2-4-6-10/h2-9,15H,1H3,(H,16,17). The zero-order chi connectivity index (χ0) is 13.0. The third-order valence-electron chi connectivity index (χ3n) is 2.49. The fraction of sp³-hybridized carbons (Fsp3) is 0.0714. The molecule has 0 saturated carbocycles. The fourth-order valence-corrected chi connectivity index (χ4v) is 1.64. The van der Waals surface area contributed by atoms with Crippen molar-refractivity contribution >= 4 is 17.3 Å². The van der Waals surface area contributed by atoms with Crippen LogP contribution in [0.3, 0.4) is 0 Å². The lowest BCUT2D eigenvalue weighted by Gasteiger charge is -2.09. The van der Waals surface area contributed by atoms with Gasteiger partial charge >= 0.3 is 5.97 Å². The molecule has 0 saturated heterocycles. The molecule has 0 bridgehead atoms. The summed E-state index contributed by atoms with van der Waals surface area (Å²) < 4.78 is 5.00. The number of carbonyl (C=O) groups is 1. The summed E-state index contributed by atoms with van der Waals surface area (Å²) in [5.74, 6) is -0.662. The number of benzene rings is 2. The van der Waals surface area contributed by atoms with Crippen molar-refractivity contribution in [2.24, 2.45) is 0 Å². The minimum absolute atomic E-state index is 0.137. The zero-order valence-corrected chi connectivity index (χ0v) is 9.88. The van der Waals surface area contributed by atoms with Gasteiger partial charge in [-0.25, -0.2) is 4.79 Å². The number of hydrogen-bond acceptors (Lipinski definition) is 3. The number of rotatable bonds is 4. The quantitative estimate of drug-likeness (QED) is 0.866. The molecule has 0 aliphatic rings. The summed E-state index contributed by atoms with van der Waals surface area (Å²) in [5.41, 5.74) is 1.75. The molecule has 0 amide bonds. The molecule has 0 aromatic heterocycles. The van der Waals surface area contributed by atoms with Gasteiger partial charge in [-0.1, -0.05) is 18.2 Å². The van der Waals surface area contributed by atoms with Crippen molar-refractivity contribution in [3.05, 3.63) is 54.1 Å². The number of carboxylic acids is 1. The van der Waals surface area contributed by atoms with Gasteiger partial charge in [-0.05, 0) is 30.3 Å². The van der Waals surface area contributed by atoms with Gasteiger partial charge in [0.25, 0.3) is 0 Å². The molecule has 2 rings (SSSR count). The number of methoxy groups -OCH3 is 1. The Morgan fingerprint density at radius 3 is 2.44 bits per heavy atom. The molecule has 0 aliphatic carbocycles. The summed E-state index contributed by atoms with van der Waals surface area (Å²) in [5, 5.41) is 12.2. The van der Waals surface area contributed by atoms with Gasteiger partial charge in [0.2, 0.25) is 0 Å². The normalized spacial score (nSPS) is 9.83. The van der Waals surface area contributed by atoms with Crippen molar-refractivity contribution in [2.75, 3.05) is 12.4 Å². The van der Waals surface area contributed by atoms with E-state index in [1.165, 1.54) is 7.11 Å². The molecular weight excluding hydrogens is 230 g/mol. The van der Waals surface area contributed by atoms with Gasteiger partial charge in [-0.15, -0.1) is 0 Å². The monoisotopic (exact) mass is 243 g/mol. The van der Waals surface area contributed by atoms with Crippen molar-refractivity contribution in [3.63, 3.8) is 0 Å². The highest BCUT2D eigenvalue weighted by molar-refractivity contribution is 5.92. The highest BCUT2D eigenvalue weighted by Gasteiger charge is 2.11. The van der Waals surface area contributed by atoms with Crippen LogP contribution in [0.1, 0.15) is 10.4 Å². The number of aromatic carboxylic acids is 1. The van der Waals surface area contributed by atoms with Crippen molar-refractivity contribution in [1.82, 2.24) is 0 Å². The number of hydrogen-bond donors (Lipinski definition) is 2. The van der Waals surface area contributed by atoms with E-state index in [9.17, 15) is 4.79 Å². The molecule has 92 valence electrons. The molecule has 2 N–H and O–H groups in total. The Morgan fingerprint density at radius 2 is 1.83 bits per heavy atom. The smallest absolute Gasteiger partial charge is 0.339 e. The average molecular weight is 243 g/mol. The maximum atomic E-state index is 11.1. The third-order valence-corrected chi connectivity index (χ3v) is 2.49. The predicted molar refractivity (Wildman–Crippen MR) is 69.7 cm³/mol. The summed E-state index contributed by atoms with van der Waals surface area (Å²) in [7, 11) is 1.45. The number of para-hydroxylation sites is 1. The highest BCUT2D eigenvalue weighted by Crippen LogP contribution is 2.24. The van der Waals surface area contributed by atoms with Gasteiger partial charge in [0.05, 0.1) is 7.11 Å². The van der Waals surface area contributed by atoms with E-state index in [0.29, 0.717) is 11.4 Å². The maximum Gasteiger partial charge on any atom is 0.339 e. The largest absolute Gasteiger partial charge is 0.496 e. The Kier molecular flexibility index (Phi) is 3.48. The molecule has 0 atom stereocenters. The van der Waals surface area contributed by atoms with Crippen LogP contribution in [-0.2, 0) is 0 Å². The topological polar surface area (TPSA) is 58.6 Å². The van der Waals surface area contributed by atoms with E-state index in [1.807, 2.05) is 30.3 Å². The fourth-order valence-electron chi connectivity index (χ4n) is 1.64. The molecule has 2 aromatic carbocycles. The van der Waals surface area contributed by atoms with E-state index < -0.39 is 5.97 Å². The highest BCUT2D eigenvalue weighted by atomic mass is 16.5. The SMILES string of the molecule is COc1ccc(Nc2ccccc2)cc1C(=O)O. The first-order chi connectivity index (χ1) is 8.70. The van der Waals surface area contributed by atoms with Crippen molar-refractivity contribution < 1.29 is 14.6 Å². The molecule has 4 heteroatoms. The van der Waals surface area contributed by atoms with Crippen LogP contribution in [0.5, 0.6) is 5.75 Å². The van der Waals surface area contributed by atoms with E-state index in [1.54, 1.807) is 18.2 Å². The second-order valence-electron chi connectivity index (χ2n) is 3.71. The van der Waals surface area contributed by atoms with Crippen molar-refractivity contribution in [1.29, 1.82) is 0 Å². The molecule has 18 heavy (non-hydrogen) atoms.